The zero-order valence-electron chi connectivity index (χ0n) is 10.4. The lowest BCUT2D eigenvalue weighted by molar-refractivity contribution is 0.409. The summed E-state index contributed by atoms with van der Waals surface area (Å²) in [6.07, 6.45) is 4.32. The summed E-state index contributed by atoms with van der Waals surface area (Å²) in [5.74, 6) is 1.98. The first-order valence-corrected chi connectivity index (χ1v) is 6.28. The minimum atomic E-state index is 0.122. The summed E-state index contributed by atoms with van der Waals surface area (Å²) in [5.41, 5.74) is 8.01. The van der Waals surface area contributed by atoms with Crippen molar-refractivity contribution in [3.8, 4) is 17.0 Å². The van der Waals surface area contributed by atoms with Crippen LogP contribution in [0.15, 0.2) is 24.4 Å². The highest BCUT2D eigenvalue weighted by Crippen LogP contribution is 2.29. The van der Waals surface area contributed by atoms with Crippen molar-refractivity contribution < 1.29 is 5.11 Å². The summed E-state index contributed by atoms with van der Waals surface area (Å²) in [6.45, 7) is 3.30. The van der Waals surface area contributed by atoms with Gasteiger partial charge in [0.2, 0.25) is 0 Å². The summed E-state index contributed by atoms with van der Waals surface area (Å²) >= 11 is 0. The molecule has 1 unspecified atom stereocenters. The van der Waals surface area contributed by atoms with Crippen molar-refractivity contribution in [2.24, 2.45) is 5.92 Å². The van der Waals surface area contributed by atoms with Crippen LogP contribution < -0.4 is 5.73 Å². The Morgan fingerprint density at radius 2 is 2.28 bits per heavy atom. The third-order valence-corrected chi connectivity index (χ3v) is 3.58. The third kappa shape index (κ3) is 1.83. The van der Waals surface area contributed by atoms with E-state index < -0.39 is 0 Å². The van der Waals surface area contributed by atoms with Gasteiger partial charge < -0.3 is 15.4 Å². The fourth-order valence-corrected chi connectivity index (χ4v) is 2.44. The average Bonchev–Trinajstić information content (AvgIpc) is 2.75. The maximum atomic E-state index is 9.44. The molecule has 0 radical (unpaired) electrons. The molecule has 0 fully saturated rings. The van der Waals surface area contributed by atoms with Gasteiger partial charge in [0.15, 0.2) is 0 Å². The number of fused-ring (bicyclic) bond motifs is 1. The molecule has 3 N–H and O–H groups in total. The lowest BCUT2D eigenvalue weighted by atomic mass is 10.0. The van der Waals surface area contributed by atoms with Crippen LogP contribution in [-0.2, 0) is 13.0 Å². The molecule has 2 aromatic rings. The Hall–Kier alpha value is -1.97. The summed E-state index contributed by atoms with van der Waals surface area (Å²) in [7, 11) is 0. The van der Waals surface area contributed by atoms with Gasteiger partial charge in [-0.25, -0.2) is 4.98 Å². The number of anilines is 1. The van der Waals surface area contributed by atoms with Crippen LogP contribution >= 0.6 is 0 Å². The number of benzene rings is 1. The molecule has 0 spiro atoms. The number of imidazole rings is 1. The average molecular weight is 243 g/mol. The van der Waals surface area contributed by atoms with Gasteiger partial charge in [-0.15, -0.1) is 0 Å². The van der Waals surface area contributed by atoms with Gasteiger partial charge >= 0.3 is 0 Å². The van der Waals surface area contributed by atoms with Gasteiger partial charge in [-0.2, -0.15) is 0 Å². The number of aromatic nitrogens is 2. The van der Waals surface area contributed by atoms with E-state index in [0.29, 0.717) is 11.6 Å². The molecule has 4 heteroatoms. The summed E-state index contributed by atoms with van der Waals surface area (Å²) in [5, 5.41) is 9.44. The van der Waals surface area contributed by atoms with Crippen molar-refractivity contribution in [3.05, 3.63) is 30.2 Å². The van der Waals surface area contributed by atoms with E-state index in [4.69, 9.17) is 5.73 Å². The van der Waals surface area contributed by atoms with E-state index in [9.17, 15) is 5.11 Å². The van der Waals surface area contributed by atoms with Gasteiger partial charge in [0.25, 0.3) is 0 Å². The Balaban J connectivity index is 2.00. The SMILES string of the molecule is CC1CCn2cc(-c3ccc(O)c(N)c3)nc2C1. The molecule has 0 amide bonds. The van der Waals surface area contributed by atoms with Crippen molar-refractivity contribution in [1.29, 1.82) is 0 Å². The highest BCUT2D eigenvalue weighted by Gasteiger charge is 2.18. The number of phenols is 1. The van der Waals surface area contributed by atoms with E-state index in [1.807, 2.05) is 6.07 Å². The Morgan fingerprint density at radius 3 is 3.06 bits per heavy atom. The molecular weight excluding hydrogens is 226 g/mol. The quantitative estimate of drug-likeness (QED) is 0.597. The summed E-state index contributed by atoms with van der Waals surface area (Å²) < 4.78 is 2.22. The number of phenolic OH excluding ortho intramolecular Hbond substituents is 1. The first-order valence-electron chi connectivity index (χ1n) is 6.28. The van der Waals surface area contributed by atoms with Crippen LogP contribution in [0.2, 0.25) is 0 Å². The largest absolute Gasteiger partial charge is 0.506 e. The van der Waals surface area contributed by atoms with E-state index in [0.717, 1.165) is 30.0 Å². The van der Waals surface area contributed by atoms with Crippen molar-refractivity contribution in [1.82, 2.24) is 9.55 Å². The van der Waals surface area contributed by atoms with Gasteiger partial charge in [0.1, 0.15) is 11.6 Å². The third-order valence-electron chi connectivity index (χ3n) is 3.58. The number of nitrogens with zero attached hydrogens (tertiary/aromatic N) is 2. The molecule has 18 heavy (non-hydrogen) atoms. The topological polar surface area (TPSA) is 64.1 Å². The van der Waals surface area contributed by atoms with Gasteiger partial charge in [-0.05, 0) is 30.5 Å². The smallest absolute Gasteiger partial charge is 0.138 e. The molecule has 1 aromatic carbocycles. The van der Waals surface area contributed by atoms with Crippen LogP contribution in [0.25, 0.3) is 11.3 Å². The second kappa shape index (κ2) is 4.05. The van der Waals surface area contributed by atoms with Crippen LogP contribution in [-0.4, -0.2) is 14.7 Å². The summed E-state index contributed by atoms with van der Waals surface area (Å²) in [4.78, 5) is 4.67. The van der Waals surface area contributed by atoms with E-state index in [-0.39, 0.29) is 5.75 Å². The van der Waals surface area contributed by atoms with E-state index >= 15 is 0 Å². The van der Waals surface area contributed by atoms with Crippen molar-refractivity contribution in [3.63, 3.8) is 0 Å². The molecule has 0 saturated carbocycles. The van der Waals surface area contributed by atoms with E-state index in [2.05, 4.69) is 22.7 Å². The van der Waals surface area contributed by atoms with E-state index in [1.165, 1.54) is 6.42 Å². The molecule has 94 valence electrons. The van der Waals surface area contributed by atoms with E-state index in [1.54, 1.807) is 12.1 Å². The highest BCUT2D eigenvalue weighted by molar-refractivity contribution is 5.67. The zero-order chi connectivity index (χ0) is 12.7. The first-order chi connectivity index (χ1) is 8.63. The molecule has 1 aliphatic heterocycles. The van der Waals surface area contributed by atoms with Crippen LogP contribution in [0, 0.1) is 5.92 Å². The Morgan fingerprint density at radius 1 is 1.44 bits per heavy atom. The van der Waals surface area contributed by atoms with Crippen LogP contribution in [0.1, 0.15) is 19.2 Å². The second-order valence-electron chi connectivity index (χ2n) is 5.11. The van der Waals surface area contributed by atoms with Gasteiger partial charge in [-0.1, -0.05) is 6.92 Å². The highest BCUT2D eigenvalue weighted by atomic mass is 16.3. The monoisotopic (exact) mass is 243 g/mol. The van der Waals surface area contributed by atoms with Crippen LogP contribution in [0.3, 0.4) is 0 Å². The molecular formula is C14H17N3O. The van der Waals surface area contributed by atoms with Crippen molar-refractivity contribution in [2.45, 2.75) is 26.3 Å². The molecule has 0 bridgehead atoms. The first kappa shape index (κ1) is 11.1. The Kier molecular flexibility index (Phi) is 2.51. The minimum absolute atomic E-state index is 0.122. The predicted octanol–water partition coefficient (Wildman–Crippen LogP) is 2.42. The fraction of sp³-hybridized carbons (Fsp3) is 0.357. The second-order valence-corrected chi connectivity index (χ2v) is 5.11. The zero-order valence-corrected chi connectivity index (χ0v) is 10.4. The standard InChI is InChI=1S/C14H17N3O/c1-9-4-5-17-8-12(16-14(17)6-9)10-2-3-13(18)11(15)7-10/h2-3,7-9,18H,4-6,15H2,1H3. The number of nitrogens with two attached hydrogens (primary N) is 1. The van der Waals surface area contributed by atoms with Gasteiger partial charge in [-0.3, -0.25) is 0 Å². The number of hydrogen-bond donors (Lipinski definition) is 2. The molecule has 3 rings (SSSR count). The van der Waals surface area contributed by atoms with Crippen LogP contribution in [0.4, 0.5) is 5.69 Å². The molecule has 0 saturated heterocycles. The normalized spacial score (nSPS) is 18.6. The Labute approximate surface area is 106 Å². The molecule has 0 aliphatic carbocycles. The molecule has 1 atom stereocenters. The lowest BCUT2D eigenvalue weighted by Crippen LogP contribution is -2.16. The molecule has 2 heterocycles. The predicted molar refractivity (Wildman–Crippen MR) is 71.2 cm³/mol. The van der Waals surface area contributed by atoms with Gasteiger partial charge in [0.05, 0.1) is 11.4 Å². The van der Waals surface area contributed by atoms with Crippen molar-refractivity contribution >= 4 is 5.69 Å². The lowest BCUT2D eigenvalue weighted by Gasteiger charge is -2.18. The maximum absolute atomic E-state index is 9.44. The van der Waals surface area contributed by atoms with Crippen molar-refractivity contribution in [2.75, 3.05) is 5.73 Å². The minimum Gasteiger partial charge on any atom is -0.506 e. The summed E-state index contributed by atoms with van der Waals surface area (Å²) in [6, 6.07) is 5.24. The Bertz CT molecular complexity index is 589. The number of hydrogen-bond acceptors (Lipinski definition) is 3. The van der Waals surface area contributed by atoms with Crippen LogP contribution in [0.5, 0.6) is 5.75 Å². The number of aryl methyl sites for hydroxylation is 1. The molecule has 1 aliphatic rings. The van der Waals surface area contributed by atoms with Gasteiger partial charge in [0, 0.05) is 24.7 Å². The molecule has 1 aromatic heterocycles. The maximum Gasteiger partial charge on any atom is 0.138 e. The number of aromatic hydroxyl groups is 1. The number of rotatable bonds is 1. The number of nitrogen functional groups attached to an aromatic ring is 1. The fourth-order valence-electron chi connectivity index (χ4n) is 2.44. The molecule has 4 nitrogen and oxygen atoms in total.